The molecule has 0 bridgehead atoms. The fourth-order valence-corrected chi connectivity index (χ4v) is 2.08. The van der Waals surface area contributed by atoms with E-state index < -0.39 is 0 Å². The Morgan fingerprint density at radius 3 is 2.22 bits per heavy atom. The van der Waals surface area contributed by atoms with Gasteiger partial charge in [0.1, 0.15) is 0 Å². The zero-order valence-corrected chi connectivity index (χ0v) is 13.3. The molecule has 0 fully saturated rings. The van der Waals surface area contributed by atoms with Crippen LogP contribution in [0.4, 0.5) is 0 Å². The van der Waals surface area contributed by atoms with Crippen LogP contribution in [-0.2, 0) is 4.74 Å². The fourth-order valence-electron chi connectivity index (χ4n) is 2.08. The van der Waals surface area contributed by atoms with Crippen molar-refractivity contribution in [2.75, 3.05) is 13.1 Å². The Kier molecular flexibility index (Phi) is 11.9. The molecule has 0 radical (unpaired) electrons. The van der Waals surface area contributed by atoms with Crippen LogP contribution in [0.3, 0.4) is 0 Å². The number of hydrogen-bond donors (Lipinski definition) is 1. The van der Waals surface area contributed by atoms with E-state index in [1.54, 1.807) is 0 Å². The van der Waals surface area contributed by atoms with E-state index in [0.717, 1.165) is 19.5 Å². The van der Waals surface area contributed by atoms with Crippen molar-refractivity contribution in [2.24, 2.45) is 5.92 Å². The smallest absolute Gasteiger partial charge is 0.0700 e. The first-order valence-electron chi connectivity index (χ1n) is 7.96. The van der Waals surface area contributed by atoms with Crippen molar-refractivity contribution in [1.29, 1.82) is 0 Å². The van der Waals surface area contributed by atoms with E-state index in [-0.39, 0.29) is 0 Å². The summed E-state index contributed by atoms with van der Waals surface area (Å²) in [6.45, 7) is 13.3. The maximum Gasteiger partial charge on any atom is 0.0700 e. The second kappa shape index (κ2) is 12.0. The average Bonchev–Trinajstić information content (AvgIpc) is 2.33. The van der Waals surface area contributed by atoms with Crippen LogP contribution in [0.25, 0.3) is 0 Å². The van der Waals surface area contributed by atoms with Crippen LogP contribution < -0.4 is 5.32 Å². The standard InChI is InChI=1S/C16H35NO/c1-6-8-9-10-11-15(5)18-16(7-2)13-17-12-14(3)4/h14-17H,6-13H2,1-5H3. The van der Waals surface area contributed by atoms with Crippen molar-refractivity contribution < 1.29 is 4.74 Å². The van der Waals surface area contributed by atoms with Gasteiger partial charge in [-0.3, -0.25) is 0 Å². The van der Waals surface area contributed by atoms with E-state index in [2.05, 4.69) is 39.9 Å². The Labute approximate surface area is 115 Å². The highest BCUT2D eigenvalue weighted by atomic mass is 16.5. The predicted octanol–water partition coefficient (Wildman–Crippen LogP) is 4.39. The molecule has 2 atom stereocenters. The van der Waals surface area contributed by atoms with Gasteiger partial charge in [0.25, 0.3) is 0 Å². The lowest BCUT2D eigenvalue weighted by Crippen LogP contribution is -2.33. The van der Waals surface area contributed by atoms with Gasteiger partial charge in [0, 0.05) is 6.54 Å². The molecule has 0 aromatic heterocycles. The van der Waals surface area contributed by atoms with Crippen LogP contribution in [0.2, 0.25) is 0 Å². The third kappa shape index (κ3) is 11.0. The van der Waals surface area contributed by atoms with Crippen molar-refractivity contribution in [3.63, 3.8) is 0 Å². The van der Waals surface area contributed by atoms with E-state index in [0.29, 0.717) is 18.1 Å². The summed E-state index contributed by atoms with van der Waals surface area (Å²) in [6, 6.07) is 0. The van der Waals surface area contributed by atoms with Gasteiger partial charge in [-0.2, -0.15) is 0 Å². The minimum Gasteiger partial charge on any atom is -0.374 e. The lowest BCUT2D eigenvalue weighted by atomic mass is 10.1. The van der Waals surface area contributed by atoms with Gasteiger partial charge in [-0.25, -0.2) is 0 Å². The molecule has 0 rings (SSSR count). The Morgan fingerprint density at radius 2 is 1.67 bits per heavy atom. The van der Waals surface area contributed by atoms with Gasteiger partial charge in [0.05, 0.1) is 12.2 Å². The highest BCUT2D eigenvalue weighted by molar-refractivity contribution is 4.63. The summed E-state index contributed by atoms with van der Waals surface area (Å²) in [5.41, 5.74) is 0. The SMILES string of the molecule is CCCCCCC(C)OC(CC)CNCC(C)C. The molecule has 0 aromatic carbocycles. The molecule has 0 aromatic rings. The molecule has 0 spiro atoms. The maximum absolute atomic E-state index is 6.10. The van der Waals surface area contributed by atoms with Gasteiger partial charge in [0.2, 0.25) is 0 Å². The molecule has 0 aliphatic rings. The van der Waals surface area contributed by atoms with Crippen LogP contribution in [0.1, 0.15) is 73.1 Å². The molecule has 2 heteroatoms. The first kappa shape index (κ1) is 17.9. The summed E-state index contributed by atoms with van der Waals surface area (Å²) in [5, 5.41) is 3.49. The largest absolute Gasteiger partial charge is 0.374 e. The topological polar surface area (TPSA) is 21.3 Å². The van der Waals surface area contributed by atoms with E-state index in [1.165, 1.54) is 32.1 Å². The van der Waals surface area contributed by atoms with Crippen LogP contribution in [0, 0.1) is 5.92 Å². The van der Waals surface area contributed by atoms with Gasteiger partial charge in [-0.1, -0.05) is 53.4 Å². The lowest BCUT2D eigenvalue weighted by molar-refractivity contribution is -0.00835. The summed E-state index contributed by atoms with van der Waals surface area (Å²) in [6.07, 6.45) is 8.44. The van der Waals surface area contributed by atoms with Crippen molar-refractivity contribution >= 4 is 0 Å². The second-order valence-corrected chi connectivity index (χ2v) is 5.88. The minimum absolute atomic E-state index is 0.380. The van der Waals surface area contributed by atoms with Gasteiger partial charge in [-0.15, -0.1) is 0 Å². The summed E-state index contributed by atoms with van der Waals surface area (Å²) < 4.78 is 6.10. The molecule has 0 amide bonds. The molecule has 0 heterocycles. The Balaban J connectivity index is 3.62. The predicted molar refractivity (Wildman–Crippen MR) is 81.1 cm³/mol. The number of unbranched alkanes of at least 4 members (excludes halogenated alkanes) is 3. The normalized spacial score (nSPS) is 15.0. The quantitative estimate of drug-likeness (QED) is 0.524. The number of hydrogen-bond acceptors (Lipinski definition) is 2. The Hall–Kier alpha value is -0.0800. The highest BCUT2D eigenvalue weighted by Gasteiger charge is 2.11. The van der Waals surface area contributed by atoms with E-state index in [4.69, 9.17) is 4.74 Å². The summed E-state index contributed by atoms with van der Waals surface area (Å²) in [4.78, 5) is 0. The van der Waals surface area contributed by atoms with Gasteiger partial charge < -0.3 is 10.1 Å². The number of nitrogens with one attached hydrogen (secondary N) is 1. The third-order valence-electron chi connectivity index (χ3n) is 3.27. The van der Waals surface area contributed by atoms with E-state index >= 15 is 0 Å². The number of rotatable bonds is 12. The van der Waals surface area contributed by atoms with Crippen LogP contribution >= 0.6 is 0 Å². The molecule has 2 nitrogen and oxygen atoms in total. The molecule has 18 heavy (non-hydrogen) atoms. The lowest BCUT2D eigenvalue weighted by Gasteiger charge is -2.22. The van der Waals surface area contributed by atoms with E-state index in [9.17, 15) is 0 Å². The van der Waals surface area contributed by atoms with Crippen molar-refractivity contribution in [3.05, 3.63) is 0 Å². The van der Waals surface area contributed by atoms with Crippen LogP contribution in [0.15, 0.2) is 0 Å². The summed E-state index contributed by atoms with van der Waals surface area (Å²) >= 11 is 0. The molecule has 2 unspecified atom stereocenters. The zero-order chi connectivity index (χ0) is 13.8. The van der Waals surface area contributed by atoms with Crippen molar-refractivity contribution in [2.45, 2.75) is 85.4 Å². The first-order valence-corrected chi connectivity index (χ1v) is 7.96. The maximum atomic E-state index is 6.10. The van der Waals surface area contributed by atoms with Crippen molar-refractivity contribution in [1.82, 2.24) is 5.32 Å². The Bertz CT molecular complexity index is 170. The third-order valence-corrected chi connectivity index (χ3v) is 3.27. The molecule has 110 valence electrons. The molecule has 0 aliphatic heterocycles. The fraction of sp³-hybridized carbons (Fsp3) is 1.00. The number of ether oxygens (including phenoxy) is 1. The molecule has 0 saturated carbocycles. The molecule has 1 N–H and O–H groups in total. The van der Waals surface area contributed by atoms with E-state index in [1.807, 2.05) is 0 Å². The monoisotopic (exact) mass is 257 g/mol. The van der Waals surface area contributed by atoms with Crippen LogP contribution in [0.5, 0.6) is 0 Å². The molecule has 0 saturated heterocycles. The Morgan fingerprint density at radius 1 is 0.944 bits per heavy atom. The van der Waals surface area contributed by atoms with Crippen molar-refractivity contribution in [3.8, 4) is 0 Å². The molecule has 0 aliphatic carbocycles. The minimum atomic E-state index is 0.380. The van der Waals surface area contributed by atoms with Gasteiger partial charge >= 0.3 is 0 Å². The highest BCUT2D eigenvalue weighted by Crippen LogP contribution is 2.11. The van der Waals surface area contributed by atoms with Crippen LogP contribution in [-0.4, -0.2) is 25.3 Å². The average molecular weight is 257 g/mol. The first-order chi connectivity index (χ1) is 8.60. The molecular formula is C16H35NO. The summed E-state index contributed by atoms with van der Waals surface area (Å²) in [7, 11) is 0. The van der Waals surface area contributed by atoms with Gasteiger partial charge in [0.15, 0.2) is 0 Å². The zero-order valence-electron chi connectivity index (χ0n) is 13.3. The molecular weight excluding hydrogens is 222 g/mol. The van der Waals surface area contributed by atoms with Gasteiger partial charge in [-0.05, 0) is 32.2 Å². The summed E-state index contributed by atoms with van der Waals surface area (Å²) in [5.74, 6) is 0.717. The second-order valence-electron chi connectivity index (χ2n) is 5.88.